The fourth-order valence-corrected chi connectivity index (χ4v) is 2.36. The number of amides is 1. The number of carbonyl (C=O) groups is 1. The molecule has 0 radical (unpaired) electrons. The van der Waals surface area contributed by atoms with Crippen LogP contribution in [0.3, 0.4) is 0 Å². The highest BCUT2D eigenvalue weighted by Crippen LogP contribution is 2.35. The van der Waals surface area contributed by atoms with Crippen molar-refractivity contribution in [1.29, 1.82) is 0 Å². The number of ether oxygens (including phenoxy) is 2. The number of H-pyrrole nitrogens is 1. The lowest BCUT2D eigenvalue weighted by molar-refractivity contribution is 0.0945. The molecule has 0 saturated carbocycles. The Morgan fingerprint density at radius 2 is 2.20 bits per heavy atom. The fraction of sp³-hybridized carbons (Fsp3) is 0.267. The zero-order chi connectivity index (χ0) is 14.1. The molecule has 0 unspecified atom stereocenters. The molecule has 3 rings (SSSR count). The molecule has 20 heavy (non-hydrogen) atoms. The van der Waals surface area contributed by atoms with Crippen LogP contribution in [0.1, 0.15) is 27.3 Å². The molecule has 1 aromatic heterocycles. The second-order valence-electron chi connectivity index (χ2n) is 4.84. The predicted octanol–water partition coefficient (Wildman–Crippen LogP) is 2.29. The van der Waals surface area contributed by atoms with E-state index in [-0.39, 0.29) is 12.7 Å². The zero-order valence-corrected chi connectivity index (χ0v) is 11.4. The van der Waals surface area contributed by atoms with Gasteiger partial charge in [0.25, 0.3) is 5.91 Å². The molecule has 2 aromatic rings. The molecule has 0 spiro atoms. The number of hydrogen-bond donors (Lipinski definition) is 2. The molecule has 0 bridgehead atoms. The molecule has 2 N–H and O–H groups in total. The number of aryl methyl sites for hydroxylation is 2. The average molecular weight is 272 g/mol. The Morgan fingerprint density at radius 3 is 2.95 bits per heavy atom. The first-order valence-corrected chi connectivity index (χ1v) is 6.47. The number of rotatable bonds is 3. The summed E-state index contributed by atoms with van der Waals surface area (Å²) in [5.41, 5.74) is 3.43. The summed E-state index contributed by atoms with van der Waals surface area (Å²) in [5, 5.41) is 2.89. The van der Waals surface area contributed by atoms with Crippen LogP contribution in [-0.2, 0) is 6.54 Å². The van der Waals surface area contributed by atoms with E-state index in [1.165, 1.54) is 0 Å². The van der Waals surface area contributed by atoms with Gasteiger partial charge < -0.3 is 19.8 Å². The minimum atomic E-state index is -0.118. The maximum Gasteiger partial charge on any atom is 0.268 e. The summed E-state index contributed by atoms with van der Waals surface area (Å²) >= 11 is 0. The van der Waals surface area contributed by atoms with Gasteiger partial charge in [0, 0.05) is 17.8 Å². The number of carbonyl (C=O) groups excluding carboxylic acids is 1. The average Bonchev–Trinajstić information content (AvgIpc) is 3.02. The van der Waals surface area contributed by atoms with Crippen molar-refractivity contribution in [2.24, 2.45) is 0 Å². The van der Waals surface area contributed by atoms with Gasteiger partial charge in [-0.05, 0) is 31.5 Å². The maximum absolute atomic E-state index is 12.1. The summed E-state index contributed by atoms with van der Waals surface area (Å²) in [4.78, 5) is 15.2. The summed E-state index contributed by atoms with van der Waals surface area (Å²) in [6, 6.07) is 7.61. The maximum atomic E-state index is 12.1. The third-order valence-electron chi connectivity index (χ3n) is 3.29. The molecule has 5 nitrogen and oxygen atoms in total. The number of benzene rings is 1. The van der Waals surface area contributed by atoms with E-state index in [0.29, 0.717) is 18.0 Å². The Labute approximate surface area is 116 Å². The van der Waals surface area contributed by atoms with Gasteiger partial charge in [0.1, 0.15) is 5.69 Å². The molecular weight excluding hydrogens is 256 g/mol. The summed E-state index contributed by atoms with van der Waals surface area (Å²) in [6.45, 7) is 4.48. The summed E-state index contributed by atoms with van der Waals surface area (Å²) in [7, 11) is 0. The highest BCUT2D eigenvalue weighted by Gasteiger charge is 2.18. The first-order chi connectivity index (χ1) is 9.65. The Hall–Kier alpha value is -2.43. The standard InChI is InChI=1S/C15H16N2O3/c1-9-6-10(2)17-13(9)15(18)16-7-11-4-3-5-12-14(11)20-8-19-12/h3-6,17H,7-8H2,1-2H3,(H,16,18). The number of hydrogen-bond acceptors (Lipinski definition) is 3. The second-order valence-corrected chi connectivity index (χ2v) is 4.84. The SMILES string of the molecule is Cc1cc(C)c(C(=O)NCc2cccc3c2OCO3)[nH]1. The topological polar surface area (TPSA) is 63.4 Å². The quantitative estimate of drug-likeness (QED) is 0.901. The van der Waals surface area contributed by atoms with E-state index < -0.39 is 0 Å². The van der Waals surface area contributed by atoms with Crippen LogP contribution in [0.25, 0.3) is 0 Å². The molecule has 0 saturated heterocycles. The van der Waals surface area contributed by atoms with Crippen molar-refractivity contribution >= 4 is 5.91 Å². The van der Waals surface area contributed by atoms with Crippen molar-refractivity contribution in [3.8, 4) is 11.5 Å². The number of aromatic amines is 1. The summed E-state index contributed by atoms with van der Waals surface area (Å²) in [5.74, 6) is 1.32. The minimum Gasteiger partial charge on any atom is -0.454 e. The molecule has 1 aliphatic rings. The van der Waals surface area contributed by atoms with Gasteiger partial charge in [-0.2, -0.15) is 0 Å². The minimum absolute atomic E-state index is 0.118. The van der Waals surface area contributed by atoms with Crippen LogP contribution in [0.15, 0.2) is 24.3 Å². The molecule has 1 aromatic carbocycles. The first-order valence-electron chi connectivity index (χ1n) is 6.47. The van der Waals surface area contributed by atoms with Crippen LogP contribution in [0.5, 0.6) is 11.5 Å². The van der Waals surface area contributed by atoms with Crippen LogP contribution in [0.2, 0.25) is 0 Å². The van der Waals surface area contributed by atoms with E-state index >= 15 is 0 Å². The van der Waals surface area contributed by atoms with Crippen molar-refractivity contribution in [2.45, 2.75) is 20.4 Å². The Kier molecular flexibility index (Phi) is 3.10. The Morgan fingerprint density at radius 1 is 1.35 bits per heavy atom. The number of fused-ring (bicyclic) bond motifs is 1. The lowest BCUT2D eigenvalue weighted by atomic mass is 10.2. The van der Waals surface area contributed by atoms with Gasteiger partial charge in [-0.3, -0.25) is 4.79 Å². The van der Waals surface area contributed by atoms with Crippen molar-refractivity contribution in [1.82, 2.24) is 10.3 Å². The molecule has 0 atom stereocenters. The normalized spacial score (nSPS) is 12.5. The largest absolute Gasteiger partial charge is 0.454 e. The fourth-order valence-electron chi connectivity index (χ4n) is 2.36. The van der Waals surface area contributed by atoms with Crippen LogP contribution < -0.4 is 14.8 Å². The number of para-hydroxylation sites is 1. The second kappa shape index (κ2) is 4.92. The van der Waals surface area contributed by atoms with Crippen LogP contribution in [0.4, 0.5) is 0 Å². The third kappa shape index (κ3) is 2.22. The Bertz CT molecular complexity index is 661. The van der Waals surface area contributed by atoms with Crippen molar-refractivity contribution in [3.63, 3.8) is 0 Å². The predicted molar refractivity (Wildman–Crippen MR) is 74.0 cm³/mol. The lowest BCUT2D eigenvalue weighted by Gasteiger charge is -2.07. The monoisotopic (exact) mass is 272 g/mol. The first kappa shape index (κ1) is 12.6. The van der Waals surface area contributed by atoms with Crippen molar-refractivity contribution in [2.75, 3.05) is 6.79 Å². The highest BCUT2D eigenvalue weighted by atomic mass is 16.7. The number of aromatic nitrogens is 1. The number of nitrogens with one attached hydrogen (secondary N) is 2. The van der Waals surface area contributed by atoms with E-state index in [0.717, 1.165) is 22.6 Å². The Balaban J connectivity index is 1.73. The van der Waals surface area contributed by atoms with E-state index in [1.807, 2.05) is 38.1 Å². The van der Waals surface area contributed by atoms with Gasteiger partial charge >= 0.3 is 0 Å². The van der Waals surface area contributed by atoms with E-state index in [1.54, 1.807) is 0 Å². The van der Waals surface area contributed by atoms with Gasteiger partial charge in [0.05, 0.1) is 0 Å². The molecule has 104 valence electrons. The van der Waals surface area contributed by atoms with Crippen LogP contribution >= 0.6 is 0 Å². The molecule has 1 aliphatic heterocycles. The third-order valence-corrected chi connectivity index (χ3v) is 3.29. The van der Waals surface area contributed by atoms with E-state index in [2.05, 4.69) is 10.3 Å². The molecule has 0 aliphatic carbocycles. The molecule has 5 heteroatoms. The van der Waals surface area contributed by atoms with Gasteiger partial charge in [0.15, 0.2) is 11.5 Å². The molecular formula is C15H16N2O3. The van der Waals surface area contributed by atoms with Gasteiger partial charge in [-0.25, -0.2) is 0 Å². The van der Waals surface area contributed by atoms with Crippen molar-refractivity contribution < 1.29 is 14.3 Å². The molecule has 1 amide bonds. The van der Waals surface area contributed by atoms with E-state index in [4.69, 9.17) is 9.47 Å². The lowest BCUT2D eigenvalue weighted by Crippen LogP contribution is -2.24. The van der Waals surface area contributed by atoms with Crippen molar-refractivity contribution in [3.05, 3.63) is 46.8 Å². The molecule has 2 heterocycles. The summed E-state index contributed by atoms with van der Waals surface area (Å²) in [6.07, 6.45) is 0. The summed E-state index contributed by atoms with van der Waals surface area (Å²) < 4.78 is 10.7. The van der Waals surface area contributed by atoms with Crippen LogP contribution in [0, 0.1) is 13.8 Å². The van der Waals surface area contributed by atoms with Crippen LogP contribution in [-0.4, -0.2) is 17.7 Å². The highest BCUT2D eigenvalue weighted by molar-refractivity contribution is 5.94. The smallest absolute Gasteiger partial charge is 0.268 e. The van der Waals surface area contributed by atoms with E-state index in [9.17, 15) is 4.79 Å². The molecule has 0 fully saturated rings. The van der Waals surface area contributed by atoms with Gasteiger partial charge in [-0.15, -0.1) is 0 Å². The zero-order valence-electron chi connectivity index (χ0n) is 11.4. The van der Waals surface area contributed by atoms with Gasteiger partial charge in [-0.1, -0.05) is 12.1 Å². The van der Waals surface area contributed by atoms with Gasteiger partial charge in [0.2, 0.25) is 6.79 Å².